The van der Waals surface area contributed by atoms with Crippen molar-refractivity contribution in [2.24, 2.45) is 0 Å². The Morgan fingerprint density at radius 3 is 2.69 bits per heavy atom. The summed E-state index contributed by atoms with van der Waals surface area (Å²) in [5, 5.41) is 27.5. The van der Waals surface area contributed by atoms with Gasteiger partial charge in [-0.25, -0.2) is 4.79 Å². The Labute approximate surface area is 230 Å². The molecule has 2 aromatic rings. The topological polar surface area (TPSA) is 137 Å². The molecular weight excluding hydrogens is 524 g/mol. The van der Waals surface area contributed by atoms with Crippen molar-refractivity contribution in [1.82, 2.24) is 5.32 Å². The van der Waals surface area contributed by atoms with Gasteiger partial charge in [0.1, 0.15) is 6.61 Å². The molecule has 39 heavy (non-hydrogen) atoms. The standard InChI is InChI=1S/C28H32N2O8S/c1-5-36-22-14-18(12-20(27(22)32)30(34)35)25-24(28(33)38-9-8-37-15(2)3)16(4)29-19-11-17(13-21(31)26(19)25)23-7-6-10-39-23/h6-7,10,12,14-15,17,25,29,32H,5,8-9,11,13H2,1-4H3/t17-,25-/m1/s1. The number of nitrogens with one attached hydrogen (secondary N) is 1. The molecule has 1 aromatic carbocycles. The zero-order valence-corrected chi connectivity index (χ0v) is 23.1. The van der Waals surface area contributed by atoms with E-state index in [0.29, 0.717) is 23.4 Å². The van der Waals surface area contributed by atoms with E-state index in [2.05, 4.69) is 5.32 Å². The summed E-state index contributed by atoms with van der Waals surface area (Å²) in [6.45, 7) is 7.49. The SMILES string of the molecule is CCOc1cc([C@@H]2C(C(=O)OCCOC(C)C)=C(C)NC3=C2C(=O)C[C@H](c2cccs2)C3)cc([N+](=O)[O-])c1O. The molecule has 208 valence electrons. The van der Waals surface area contributed by atoms with Crippen LogP contribution >= 0.6 is 11.3 Å². The Bertz CT molecular complexity index is 1330. The molecule has 1 aliphatic carbocycles. The van der Waals surface area contributed by atoms with E-state index in [1.807, 2.05) is 31.4 Å². The zero-order chi connectivity index (χ0) is 28.3. The number of hydrogen-bond donors (Lipinski definition) is 2. The summed E-state index contributed by atoms with van der Waals surface area (Å²) in [7, 11) is 0. The van der Waals surface area contributed by atoms with Gasteiger partial charge < -0.3 is 24.6 Å². The lowest BCUT2D eigenvalue weighted by Gasteiger charge is -2.36. The Morgan fingerprint density at radius 1 is 1.28 bits per heavy atom. The van der Waals surface area contributed by atoms with Crippen molar-refractivity contribution in [3.05, 3.63) is 72.7 Å². The summed E-state index contributed by atoms with van der Waals surface area (Å²) in [6.07, 6.45) is 0.741. The number of benzene rings is 1. The van der Waals surface area contributed by atoms with Crippen LogP contribution in [0.4, 0.5) is 5.69 Å². The van der Waals surface area contributed by atoms with Gasteiger partial charge in [0, 0.05) is 46.2 Å². The van der Waals surface area contributed by atoms with Gasteiger partial charge >= 0.3 is 11.7 Å². The van der Waals surface area contributed by atoms with Crippen molar-refractivity contribution >= 4 is 28.8 Å². The number of nitrogens with zero attached hydrogens (tertiary/aromatic N) is 1. The smallest absolute Gasteiger partial charge is 0.336 e. The molecule has 0 saturated carbocycles. The Balaban J connectivity index is 1.81. The summed E-state index contributed by atoms with van der Waals surface area (Å²) in [5.74, 6) is -2.51. The molecule has 0 amide bonds. The second-order valence-electron chi connectivity index (χ2n) is 9.67. The van der Waals surface area contributed by atoms with Gasteiger partial charge in [0.15, 0.2) is 11.5 Å². The number of hydrogen-bond acceptors (Lipinski definition) is 10. The third kappa shape index (κ3) is 5.99. The number of ketones is 1. The molecule has 1 aromatic heterocycles. The minimum atomic E-state index is -0.949. The molecule has 2 N–H and O–H groups in total. The van der Waals surface area contributed by atoms with Crippen LogP contribution in [0.5, 0.6) is 11.5 Å². The summed E-state index contributed by atoms with van der Waals surface area (Å²) < 4.78 is 16.5. The van der Waals surface area contributed by atoms with E-state index in [-0.39, 0.29) is 60.9 Å². The molecule has 11 heteroatoms. The van der Waals surface area contributed by atoms with Crippen molar-refractivity contribution < 1.29 is 33.8 Å². The van der Waals surface area contributed by atoms with Crippen molar-refractivity contribution in [3.8, 4) is 11.5 Å². The monoisotopic (exact) mass is 556 g/mol. The highest BCUT2D eigenvalue weighted by molar-refractivity contribution is 7.10. The van der Waals surface area contributed by atoms with E-state index in [1.54, 1.807) is 25.2 Å². The van der Waals surface area contributed by atoms with Gasteiger partial charge in [-0.3, -0.25) is 14.9 Å². The molecule has 0 unspecified atom stereocenters. The van der Waals surface area contributed by atoms with Gasteiger partial charge in [-0.2, -0.15) is 0 Å². The first-order valence-electron chi connectivity index (χ1n) is 12.8. The third-order valence-electron chi connectivity index (χ3n) is 6.67. The number of carbonyl (C=O) groups is 2. The van der Waals surface area contributed by atoms with Gasteiger partial charge in [0.25, 0.3) is 0 Å². The second kappa shape index (κ2) is 12.0. The van der Waals surface area contributed by atoms with Gasteiger partial charge in [0.05, 0.1) is 29.8 Å². The molecule has 0 saturated heterocycles. The molecule has 2 heterocycles. The predicted octanol–water partition coefficient (Wildman–Crippen LogP) is 5.09. The van der Waals surface area contributed by atoms with Gasteiger partial charge in [-0.1, -0.05) is 6.07 Å². The average molecular weight is 557 g/mol. The first kappa shape index (κ1) is 28.3. The number of Topliss-reactive ketones (excluding diaryl/α,β-unsaturated/α-hetero) is 1. The number of allylic oxidation sites excluding steroid dienone is 3. The predicted molar refractivity (Wildman–Crippen MR) is 145 cm³/mol. The first-order chi connectivity index (χ1) is 18.6. The molecule has 4 rings (SSSR count). The number of rotatable bonds is 10. The fourth-order valence-corrected chi connectivity index (χ4v) is 5.88. The molecule has 0 spiro atoms. The van der Waals surface area contributed by atoms with Crippen molar-refractivity contribution in [2.75, 3.05) is 19.8 Å². The zero-order valence-electron chi connectivity index (χ0n) is 22.3. The molecule has 2 aliphatic rings. The third-order valence-corrected chi connectivity index (χ3v) is 7.70. The Hall–Kier alpha value is -3.70. The quantitative estimate of drug-likeness (QED) is 0.177. The van der Waals surface area contributed by atoms with E-state index in [1.165, 1.54) is 12.1 Å². The number of aromatic hydroxyl groups is 1. The number of esters is 1. The minimum absolute atomic E-state index is 0.000732. The van der Waals surface area contributed by atoms with Crippen LogP contribution in [0.2, 0.25) is 0 Å². The van der Waals surface area contributed by atoms with Crippen molar-refractivity contribution in [1.29, 1.82) is 0 Å². The molecule has 1 aliphatic heterocycles. The molecule has 0 radical (unpaired) electrons. The highest BCUT2D eigenvalue weighted by Crippen LogP contribution is 2.49. The molecule has 2 atom stereocenters. The molecular formula is C28H32N2O8S. The summed E-state index contributed by atoms with van der Waals surface area (Å²) in [5.41, 5.74) is 1.39. The highest BCUT2D eigenvalue weighted by Gasteiger charge is 2.42. The number of phenols is 1. The summed E-state index contributed by atoms with van der Waals surface area (Å²) in [6, 6.07) is 6.59. The van der Waals surface area contributed by atoms with Crippen LogP contribution in [0.15, 0.2) is 52.2 Å². The number of phenolic OH excluding ortho intramolecular Hbond substituents is 1. The van der Waals surface area contributed by atoms with Crippen LogP contribution in [0.25, 0.3) is 0 Å². The second-order valence-corrected chi connectivity index (χ2v) is 10.6. The largest absolute Gasteiger partial charge is 0.500 e. The first-order valence-corrected chi connectivity index (χ1v) is 13.7. The number of thiophene rings is 1. The molecule has 0 fully saturated rings. The molecule has 10 nitrogen and oxygen atoms in total. The van der Waals surface area contributed by atoms with Gasteiger partial charge in [-0.15, -0.1) is 11.3 Å². The summed E-state index contributed by atoms with van der Waals surface area (Å²) >= 11 is 1.58. The maximum absolute atomic E-state index is 13.7. The van der Waals surface area contributed by atoms with E-state index in [4.69, 9.17) is 14.2 Å². The Kier molecular flexibility index (Phi) is 8.71. The number of nitro groups is 1. The lowest BCUT2D eigenvalue weighted by atomic mass is 9.72. The van der Waals surface area contributed by atoms with Crippen LogP contribution < -0.4 is 10.1 Å². The van der Waals surface area contributed by atoms with Gasteiger partial charge in [0.2, 0.25) is 5.75 Å². The van der Waals surface area contributed by atoms with Crippen LogP contribution in [0.1, 0.15) is 62.8 Å². The van der Waals surface area contributed by atoms with E-state index in [0.717, 1.165) is 4.88 Å². The van der Waals surface area contributed by atoms with Gasteiger partial charge in [-0.05, 0) is 57.2 Å². The fourth-order valence-electron chi connectivity index (χ4n) is 5.05. The summed E-state index contributed by atoms with van der Waals surface area (Å²) in [4.78, 5) is 39.4. The lowest BCUT2D eigenvalue weighted by Crippen LogP contribution is -2.36. The fraction of sp³-hybridized carbons (Fsp3) is 0.429. The van der Waals surface area contributed by atoms with E-state index >= 15 is 0 Å². The van der Waals surface area contributed by atoms with Crippen molar-refractivity contribution in [3.63, 3.8) is 0 Å². The van der Waals surface area contributed by atoms with Crippen LogP contribution in [-0.2, 0) is 19.1 Å². The maximum Gasteiger partial charge on any atom is 0.336 e. The number of dihydropyridines is 1. The van der Waals surface area contributed by atoms with E-state index < -0.39 is 28.2 Å². The van der Waals surface area contributed by atoms with Crippen LogP contribution in [0, 0.1) is 10.1 Å². The van der Waals surface area contributed by atoms with Crippen LogP contribution in [-0.4, -0.2) is 47.7 Å². The van der Waals surface area contributed by atoms with Crippen molar-refractivity contribution in [2.45, 2.75) is 58.5 Å². The Morgan fingerprint density at radius 2 is 2.05 bits per heavy atom. The average Bonchev–Trinajstić information content (AvgIpc) is 3.42. The minimum Gasteiger partial charge on any atom is -0.500 e. The van der Waals surface area contributed by atoms with E-state index in [9.17, 15) is 24.8 Å². The van der Waals surface area contributed by atoms with Crippen LogP contribution in [0.3, 0.4) is 0 Å². The number of ether oxygens (including phenoxy) is 3. The highest BCUT2D eigenvalue weighted by atomic mass is 32.1. The maximum atomic E-state index is 13.7. The number of carbonyl (C=O) groups excluding carboxylic acids is 2. The number of nitro benzene ring substituents is 1. The normalized spacial score (nSPS) is 19.2. The molecule has 0 bridgehead atoms. The lowest BCUT2D eigenvalue weighted by molar-refractivity contribution is -0.386.